The number of aromatic nitrogens is 2. The lowest BCUT2D eigenvalue weighted by molar-refractivity contribution is -0.148. The number of hydrogen-bond donors (Lipinski definition) is 1. The van der Waals surface area contributed by atoms with E-state index in [1.54, 1.807) is 30.3 Å². The van der Waals surface area contributed by atoms with Crippen LogP contribution in [-0.2, 0) is 40.2 Å². The Bertz CT molecular complexity index is 1390. The maximum absolute atomic E-state index is 12.3. The van der Waals surface area contributed by atoms with E-state index in [4.69, 9.17) is 23.2 Å². The van der Waals surface area contributed by atoms with Crippen molar-refractivity contribution in [1.29, 1.82) is 0 Å². The molecule has 2 heterocycles. The highest BCUT2D eigenvalue weighted by atomic mass is 16.6. The van der Waals surface area contributed by atoms with Crippen LogP contribution in [0.15, 0.2) is 51.4 Å². The van der Waals surface area contributed by atoms with Crippen molar-refractivity contribution in [2.24, 2.45) is 0 Å². The minimum atomic E-state index is -0.585. The van der Waals surface area contributed by atoms with Gasteiger partial charge in [0.2, 0.25) is 5.91 Å². The number of furan rings is 1. The normalized spacial score (nSPS) is 12.7. The smallest absolute Gasteiger partial charge is 0.344 e. The van der Waals surface area contributed by atoms with Gasteiger partial charge in [-0.3, -0.25) is 4.79 Å². The number of carbonyl (C=O) groups excluding carboxylic acids is 2. The highest BCUT2D eigenvalue weighted by Crippen LogP contribution is 2.34. The molecular weight excluding hydrogens is 466 g/mol. The molecule has 0 saturated heterocycles. The molecule has 0 radical (unpaired) electrons. The van der Waals surface area contributed by atoms with E-state index >= 15 is 0 Å². The van der Waals surface area contributed by atoms with Crippen LogP contribution in [0.25, 0.3) is 11.0 Å². The van der Waals surface area contributed by atoms with Gasteiger partial charge in [-0.1, -0.05) is 17.3 Å². The van der Waals surface area contributed by atoms with E-state index in [2.05, 4.69) is 15.5 Å². The number of nitrogens with zero attached hydrogens (tertiary/aromatic N) is 2. The van der Waals surface area contributed by atoms with Crippen LogP contribution < -0.4 is 14.8 Å². The van der Waals surface area contributed by atoms with Crippen molar-refractivity contribution < 1.29 is 32.7 Å². The van der Waals surface area contributed by atoms with Gasteiger partial charge < -0.3 is 28.5 Å². The Labute approximate surface area is 206 Å². The summed E-state index contributed by atoms with van der Waals surface area (Å²) in [6.07, 6.45) is 4.11. The second-order valence-electron chi connectivity index (χ2n) is 8.35. The standard InChI is InChI=1S/C26H25N3O7/c1-32-22-9-5-3-7-19(22)27-24(30)13-23-28-25(36-29-23)14-34-26(31)15-33-16-10-11-21-18(12-16)17-6-2-4-8-20(17)35-21/h3,5,7,9-12H,2,4,6,8,13-15H2,1H3,(H,27,30). The number of nitrogens with one attached hydrogen (secondary N) is 1. The van der Waals surface area contributed by atoms with E-state index in [0.29, 0.717) is 17.2 Å². The fourth-order valence-electron chi connectivity index (χ4n) is 4.16. The van der Waals surface area contributed by atoms with Crippen LogP contribution in [0.5, 0.6) is 11.5 Å². The first-order chi connectivity index (χ1) is 17.6. The summed E-state index contributed by atoms with van der Waals surface area (Å²) in [7, 11) is 1.52. The molecule has 4 aromatic rings. The summed E-state index contributed by atoms with van der Waals surface area (Å²) in [6, 6.07) is 12.6. The molecule has 0 aliphatic heterocycles. The molecule has 0 bridgehead atoms. The van der Waals surface area contributed by atoms with Crippen LogP contribution in [0.1, 0.15) is 35.9 Å². The molecule has 0 fully saturated rings. The lowest BCUT2D eigenvalue weighted by Gasteiger charge is -2.09. The first-order valence-corrected chi connectivity index (χ1v) is 11.7. The van der Waals surface area contributed by atoms with Gasteiger partial charge in [-0.25, -0.2) is 4.79 Å². The molecule has 0 spiro atoms. The summed E-state index contributed by atoms with van der Waals surface area (Å²) in [6.45, 7) is -0.495. The predicted octanol–water partition coefficient (Wildman–Crippen LogP) is 4.01. The minimum absolute atomic E-state index is 0.0786. The Morgan fingerprint density at radius 3 is 2.86 bits per heavy atom. The molecule has 186 valence electrons. The van der Waals surface area contributed by atoms with E-state index < -0.39 is 5.97 Å². The molecular formula is C26H25N3O7. The molecule has 0 unspecified atom stereocenters. The zero-order chi connectivity index (χ0) is 24.9. The summed E-state index contributed by atoms with van der Waals surface area (Å²) in [5.41, 5.74) is 2.60. The zero-order valence-electron chi connectivity index (χ0n) is 19.7. The van der Waals surface area contributed by atoms with Crippen molar-refractivity contribution in [3.05, 3.63) is 65.5 Å². The van der Waals surface area contributed by atoms with Gasteiger partial charge in [-0.15, -0.1) is 0 Å². The number of aryl methyl sites for hydroxylation is 2. The van der Waals surface area contributed by atoms with Crippen molar-refractivity contribution in [2.75, 3.05) is 19.0 Å². The Morgan fingerprint density at radius 2 is 1.97 bits per heavy atom. The number of para-hydroxylation sites is 2. The van der Waals surface area contributed by atoms with Crippen LogP contribution in [0.4, 0.5) is 5.69 Å². The van der Waals surface area contributed by atoms with Gasteiger partial charge in [0.25, 0.3) is 5.89 Å². The highest BCUT2D eigenvalue weighted by molar-refractivity contribution is 5.93. The number of anilines is 1. The molecule has 1 aliphatic rings. The van der Waals surface area contributed by atoms with Crippen LogP contribution in [0.3, 0.4) is 0 Å². The lowest BCUT2D eigenvalue weighted by Crippen LogP contribution is -2.16. The van der Waals surface area contributed by atoms with Crippen molar-refractivity contribution in [1.82, 2.24) is 10.1 Å². The molecule has 0 saturated carbocycles. The van der Waals surface area contributed by atoms with Crippen molar-refractivity contribution in [3.63, 3.8) is 0 Å². The molecule has 1 N–H and O–H groups in total. The van der Waals surface area contributed by atoms with E-state index in [1.807, 2.05) is 12.1 Å². The van der Waals surface area contributed by atoms with Crippen LogP contribution >= 0.6 is 0 Å². The third-order valence-electron chi connectivity index (χ3n) is 5.85. The molecule has 2 aromatic heterocycles. The molecule has 5 rings (SSSR count). The topological polar surface area (TPSA) is 126 Å². The summed E-state index contributed by atoms with van der Waals surface area (Å²) < 4.78 is 27.0. The Kier molecular flexibility index (Phi) is 6.83. The average molecular weight is 492 g/mol. The SMILES string of the molecule is COc1ccccc1NC(=O)Cc1noc(COC(=O)COc2ccc3oc4c(c3c2)CCCC4)n1. The molecule has 1 amide bonds. The van der Waals surface area contributed by atoms with Gasteiger partial charge in [0.1, 0.15) is 22.8 Å². The Hall–Kier alpha value is -4.34. The van der Waals surface area contributed by atoms with Crippen LogP contribution in [0.2, 0.25) is 0 Å². The lowest BCUT2D eigenvalue weighted by atomic mass is 9.96. The number of rotatable bonds is 9. The Balaban J connectivity index is 1.09. The summed E-state index contributed by atoms with van der Waals surface area (Å²) in [5.74, 6) is 1.47. The van der Waals surface area contributed by atoms with E-state index in [1.165, 1.54) is 12.7 Å². The zero-order valence-corrected chi connectivity index (χ0v) is 19.7. The van der Waals surface area contributed by atoms with Gasteiger partial charge >= 0.3 is 5.97 Å². The molecule has 10 nitrogen and oxygen atoms in total. The first kappa shape index (κ1) is 23.4. The summed E-state index contributed by atoms with van der Waals surface area (Å²) in [5, 5.41) is 7.53. The minimum Gasteiger partial charge on any atom is -0.495 e. The largest absolute Gasteiger partial charge is 0.495 e. The number of fused-ring (bicyclic) bond motifs is 3. The van der Waals surface area contributed by atoms with Crippen molar-refractivity contribution >= 4 is 28.5 Å². The molecule has 2 aromatic carbocycles. The maximum atomic E-state index is 12.3. The first-order valence-electron chi connectivity index (χ1n) is 11.7. The van der Waals surface area contributed by atoms with Gasteiger partial charge in [0.15, 0.2) is 19.0 Å². The summed E-state index contributed by atoms with van der Waals surface area (Å²) in [4.78, 5) is 28.5. The molecule has 0 atom stereocenters. The van der Waals surface area contributed by atoms with Gasteiger partial charge in [-0.2, -0.15) is 4.98 Å². The fraction of sp³-hybridized carbons (Fsp3) is 0.308. The van der Waals surface area contributed by atoms with E-state index in [-0.39, 0.29) is 37.3 Å². The van der Waals surface area contributed by atoms with Crippen molar-refractivity contribution in [2.45, 2.75) is 38.7 Å². The van der Waals surface area contributed by atoms with Crippen LogP contribution in [-0.4, -0.2) is 35.7 Å². The van der Waals surface area contributed by atoms with Crippen LogP contribution in [0, 0.1) is 0 Å². The van der Waals surface area contributed by atoms with Gasteiger partial charge in [0, 0.05) is 17.4 Å². The van der Waals surface area contributed by atoms with E-state index in [0.717, 1.165) is 42.4 Å². The monoisotopic (exact) mass is 491 g/mol. The third kappa shape index (κ3) is 5.32. The number of carbonyl (C=O) groups is 2. The number of hydrogen-bond acceptors (Lipinski definition) is 9. The highest BCUT2D eigenvalue weighted by Gasteiger charge is 2.19. The van der Waals surface area contributed by atoms with Gasteiger partial charge in [-0.05, 0) is 49.6 Å². The maximum Gasteiger partial charge on any atom is 0.344 e. The number of amides is 1. The number of esters is 1. The van der Waals surface area contributed by atoms with Gasteiger partial charge in [0.05, 0.1) is 19.2 Å². The van der Waals surface area contributed by atoms with Crippen molar-refractivity contribution in [3.8, 4) is 11.5 Å². The molecule has 1 aliphatic carbocycles. The second kappa shape index (κ2) is 10.5. The predicted molar refractivity (Wildman–Crippen MR) is 128 cm³/mol. The number of benzene rings is 2. The molecule has 36 heavy (non-hydrogen) atoms. The number of methoxy groups -OCH3 is 1. The Morgan fingerprint density at radius 1 is 1.11 bits per heavy atom. The summed E-state index contributed by atoms with van der Waals surface area (Å²) >= 11 is 0. The quantitative estimate of drug-likeness (QED) is 0.346. The fourth-order valence-corrected chi connectivity index (χ4v) is 4.16. The average Bonchev–Trinajstić information content (AvgIpc) is 3.50. The molecule has 10 heteroatoms. The number of ether oxygens (including phenoxy) is 3. The third-order valence-corrected chi connectivity index (χ3v) is 5.85. The van der Waals surface area contributed by atoms with E-state index in [9.17, 15) is 9.59 Å². The second-order valence-corrected chi connectivity index (χ2v) is 8.35.